The van der Waals surface area contributed by atoms with Crippen molar-refractivity contribution in [1.82, 2.24) is 15.1 Å². The van der Waals surface area contributed by atoms with Crippen molar-refractivity contribution in [3.8, 4) is 0 Å². The molecule has 14 heavy (non-hydrogen) atoms. The molecule has 0 radical (unpaired) electrons. The van der Waals surface area contributed by atoms with Gasteiger partial charge >= 0.3 is 0 Å². The van der Waals surface area contributed by atoms with E-state index in [-0.39, 0.29) is 0 Å². The monoisotopic (exact) mass is 191 g/mol. The summed E-state index contributed by atoms with van der Waals surface area (Å²) in [6.07, 6.45) is 8.74. The van der Waals surface area contributed by atoms with E-state index in [0.717, 1.165) is 19.4 Å². The largest absolute Gasteiger partial charge is 0.308 e. The van der Waals surface area contributed by atoms with E-state index in [4.69, 9.17) is 0 Å². The highest BCUT2D eigenvalue weighted by Crippen LogP contribution is 2.11. The molecule has 76 valence electrons. The van der Waals surface area contributed by atoms with Gasteiger partial charge in [0.05, 0.1) is 11.9 Å². The van der Waals surface area contributed by atoms with Crippen LogP contribution in [-0.4, -0.2) is 15.8 Å². The Morgan fingerprint density at radius 3 is 2.79 bits per heavy atom. The number of aryl methyl sites for hydroxylation is 2. The molecule has 1 N–H and O–H groups in total. The Hall–Kier alpha value is -1.09. The van der Waals surface area contributed by atoms with E-state index < -0.39 is 0 Å². The number of nitrogens with zero attached hydrogens (tertiary/aromatic N) is 2. The van der Waals surface area contributed by atoms with Gasteiger partial charge in [-0.05, 0) is 25.3 Å². The zero-order chi connectivity index (χ0) is 9.97. The van der Waals surface area contributed by atoms with E-state index >= 15 is 0 Å². The zero-order valence-corrected chi connectivity index (χ0v) is 8.83. The van der Waals surface area contributed by atoms with Crippen LogP contribution in [0.4, 0.5) is 0 Å². The van der Waals surface area contributed by atoms with Gasteiger partial charge in [-0.3, -0.25) is 4.68 Å². The Labute approximate surface area is 84.8 Å². The van der Waals surface area contributed by atoms with Gasteiger partial charge < -0.3 is 5.32 Å². The first-order valence-corrected chi connectivity index (χ1v) is 5.13. The van der Waals surface area contributed by atoms with Crippen LogP contribution in [0.1, 0.15) is 24.1 Å². The van der Waals surface area contributed by atoms with Crippen molar-refractivity contribution in [2.24, 2.45) is 7.05 Å². The van der Waals surface area contributed by atoms with Crippen LogP contribution in [0.25, 0.3) is 0 Å². The fraction of sp³-hybridized carbons (Fsp3) is 0.545. The maximum Gasteiger partial charge on any atom is 0.0547 e. The van der Waals surface area contributed by atoms with Gasteiger partial charge in [0.15, 0.2) is 0 Å². The van der Waals surface area contributed by atoms with Crippen LogP contribution in [0.15, 0.2) is 18.3 Å². The van der Waals surface area contributed by atoms with Gasteiger partial charge in [-0.2, -0.15) is 5.10 Å². The Morgan fingerprint density at radius 2 is 2.21 bits per heavy atom. The highest BCUT2D eigenvalue weighted by atomic mass is 15.3. The van der Waals surface area contributed by atoms with Gasteiger partial charge in [-0.1, -0.05) is 12.2 Å². The summed E-state index contributed by atoms with van der Waals surface area (Å²) < 4.78 is 1.95. The van der Waals surface area contributed by atoms with E-state index in [1.165, 1.54) is 11.3 Å². The third-order valence-electron chi connectivity index (χ3n) is 2.84. The minimum atomic E-state index is 0.629. The van der Waals surface area contributed by atoms with Crippen molar-refractivity contribution in [3.05, 3.63) is 29.6 Å². The Morgan fingerprint density at radius 1 is 1.50 bits per heavy atom. The summed E-state index contributed by atoms with van der Waals surface area (Å²) in [4.78, 5) is 0. The van der Waals surface area contributed by atoms with E-state index in [9.17, 15) is 0 Å². The maximum atomic E-state index is 4.22. The maximum absolute atomic E-state index is 4.22. The van der Waals surface area contributed by atoms with Crippen molar-refractivity contribution in [1.29, 1.82) is 0 Å². The highest BCUT2D eigenvalue weighted by molar-refractivity contribution is 5.15. The molecule has 1 aliphatic rings. The molecule has 0 spiro atoms. The molecular weight excluding hydrogens is 174 g/mol. The molecule has 0 atom stereocenters. The molecule has 0 saturated heterocycles. The van der Waals surface area contributed by atoms with Crippen molar-refractivity contribution in [2.45, 2.75) is 32.4 Å². The topological polar surface area (TPSA) is 29.9 Å². The number of nitrogens with one attached hydrogen (secondary N) is 1. The van der Waals surface area contributed by atoms with Gasteiger partial charge in [-0.15, -0.1) is 0 Å². The molecule has 1 aromatic rings. The minimum Gasteiger partial charge on any atom is -0.308 e. The number of hydrogen-bond donors (Lipinski definition) is 1. The molecule has 0 bridgehead atoms. The Balaban J connectivity index is 1.91. The smallest absolute Gasteiger partial charge is 0.0547 e. The SMILES string of the molecule is Cc1cnn(C)c1CNC1CC=CC1. The summed E-state index contributed by atoms with van der Waals surface area (Å²) in [5, 5.41) is 7.76. The van der Waals surface area contributed by atoms with Gasteiger partial charge in [0.2, 0.25) is 0 Å². The molecule has 0 aromatic carbocycles. The molecule has 0 saturated carbocycles. The average molecular weight is 191 g/mol. The second-order valence-corrected chi connectivity index (χ2v) is 3.92. The molecule has 0 aliphatic heterocycles. The Kier molecular flexibility index (Phi) is 2.68. The van der Waals surface area contributed by atoms with Crippen molar-refractivity contribution in [3.63, 3.8) is 0 Å². The summed E-state index contributed by atoms with van der Waals surface area (Å²) in [5.74, 6) is 0. The van der Waals surface area contributed by atoms with E-state index in [1.54, 1.807) is 0 Å². The van der Waals surface area contributed by atoms with Crippen LogP contribution in [0.5, 0.6) is 0 Å². The molecule has 3 nitrogen and oxygen atoms in total. The lowest BCUT2D eigenvalue weighted by Gasteiger charge is -2.12. The van der Waals surface area contributed by atoms with E-state index in [2.05, 4.69) is 29.5 Å². The number of aromatic nitrogens is 2. The quantitative estimate of drug-likeness (QED) is 0.734. The third kappa shape index (κ3) is 1.87. The zero-order valence-electron chi connectivity index (χ0n) is 8.83. The summed E-state index contributed by atoms with van der Waals surface area (Å²) >= 11 is 0. The third-order valence-corrected chi connectivity index (χ3v) is 2.84. The average Bonchev–Trinajstić information content (AvgIpc) is 2.76. The molecule has 1 heterocycles. The fourth-order valence-electron chi connectivity index (χ4n) is 1.85. The normalized spacial score (nSPS) is 16.7. The standard InChI is InChI=1S/C11H17N3/c1-9-7-13-14(2)11(9)8-12-10-5-3-4-6-10/h3-4,7,10,12H,5-6,8H2,1-2H3. The van der Waals surface area contributed by atoms with Crippen molar-refractivity contribution < 1.29 is 0 Å². The van der Waals surface area contributed by atoms with Gasteiger partial charge in [0, 0.05) is 19.6 Å². The van der Waals surface area contributed by atoms with Crippen LogP contribution in [0.2, 0.25) is 0 Å². The van der Waals surface area contributed by atoms with Gasteiger partial charge in [0.25, 0.3) is 0 Å². The van der Waals surface area contributed by atoms with Gasteiger partial charge in [0.1, 0.15) is 0 Å². The number of rotatable bonds is 3. The van der Waals surface area contributed by atoms with Crippen molar-refractivity contribution >= 4 is 0 Å². The predicted octanol–water partition coefficient (Wildman–Crippen LogP) is 1.54. The molecule has 2 rings (SSSR count). The van der Waals surface area contributed by atoms with Gasteiger partial charge in [-0.25, -0.2) is 0 Å². The van der Waals surface area contributed by atoms with Crippen LogP contribution in [0, 0.1) is 6.92 Å². The van der Waals surface area contributed by atoms with Crippen LogP contribution >= 0.6 is 0 Å². The molecule has 0 amide bonds. The van der Waals surface area contributed by atoms with Crippen LogP contribution in [0.3, 0.4) is 0 Å². The van der Waals surface area contributed by atoms with E-state index in [0.29, 0.717) is 6.04 Å². The molecule has 0 fully saturated rings. The lowest BCUT2D eigenvalue weighted by Crippen LogP contribution is -2.27. The molecule has 0 unspecified atom stereocenters. The van der Waals surface area contributed by atoms with Crippen LogP contribution in [-0.2, 0) is 13.6 Å². The lowest BCUT2D eigenvalue weighted by molar-refractivity contribution is 0.518. The molecule has 1 aromatic heterocycles. The van der Waals surface area contributed by atoms with Crippen LogP contribution < -0.4 is 5.32 Å². The first-order valence-electron chi connectivity index (χ1n) is 5.13. The predicted molar refractivity (Wildman–Crippen MR) is 56.9 cm³/mol. The molecule has 1 aliphatic carbocycles. The summed E-state index contributed by atoms with van der Waals surface area (Å²) in [5.41, 5.74) is 2.56. The van der Waals surface area contributed by atoms with E-state index in [1.807, 2.05) is 17.9 Å². The molecule has 3 heteroatoms. The number of hydrogen-bond acceptors (Lipinski definition) is 2. The fourth-order valence-corrected chi connectivity index (χ4v) is 1.85. The summed E-state index contributed by atoms with van der Waals surface area (Å²) in [6.45, 7) is 3.03. The summed E-state index contributed by atoms with van der Waals surface area (Å²) in [7, 11) is 2.00. The van der Waals surface area contributed by atoms with Crippen molar-refractivity contribution in [2.75, 3.05) is 0 Å². The molecular formula is C11H17N3. The second kappa shape index (κ2) is 3.96. The first kappa shape index (κ1) is 9.46. The Bertz CT molecular complexity index is 311. The summed E-state index contributed by atoms with van der Waals surface area (Å²) in [6, 6.07) is 0.629. The highest BCUT2D eigenvalue weighted by Gasteiger charge is 2.11. The first-order chi connectivity index (χ1) is 6.77. The minimum absolute atomic E-state index is 0.629. The lowest BCUT2D eigenvalue weighted by atomic mass is 10.2. The second-order valence-electron chi connectivity index (χ2n) is 3.92.